The number of piperidine rings is 2. The van der Waals surface area contributed by atoms with Gasteiger partial charge in [0.05, 0.1) is 12.5 Å². The number of carbonyl (C=O) groups is 3. The second-order valence-electron chi connectivity index (χ2n) is 7.81. The molecule has 2 saturated heterocycles. The molecular formula is C22H40N2O5. The summed E-state index contributed by atoms with van der Waals surface area (Å²) in [5, 5.41) is 3.28. The van der Waals surface area contributed by atoms with E-state index in [1.54, 1.807) is 25.7 Å². The van der Waals surface area contributed by atoms with E-state index in [0.717, 1.165) is 25.9 Å². The Morgan fingerprint density at radius 2 is 1.59 bits per heavy atom. The molecule has 7 nitrogen and oxygen atoms in total. The third kappa shape index (κ3) is 13.0. The Balaban J connectivity index is 0.000000418. The summed E-state index contributed by atoms with van der Waals surface area (Å²) in [6.07, 6.45) is 9.01. The molecule has 0 aromatic heterocycles. The number of nitrogens with zero attached hydrogens (tertiary/aromatic N) is 1. The van der Waals surface area contributed by atoms with Crippen LogP contribution in [0.1, 0.15) is 80.1 Å². The third-order valence-electron chi connectivity index (χ3n) is 4.39. The summed E-state index contributed by atoms with van der Waals surface area (Å²) in [7, 11) is 0. The van der Waals surface area contributed by atoms with Crippen LogP contribution in [0.2, 0.25) is 0 Å². The van der Waals surface area contributed by atoms with Crippen LogP contribution >= 0.6 is 0 Å². The van der Waals surface area contributed by atoms with Gasteiger partial charge in [-0.05, 0) is 59.0 Å². The number of rotatable bonds is 2. The van der Waals surface area contributed by atoms with Crippen molar-refractivity contribution < 1.29 is 23.9 Å². The second kappa shape index (κ2) is 14.1. The maximum atomic E-state index is 11.3. The van der Waals surface area contributed by atoms with E-state index in [4.69, 9.17) is 9.47 Å². The number of cyclic esters (lactones) is 1. The van der Waals surface area contributed by atoms with Crippen molar-refractivity contribution in [3.05, 3.63) is 11.8 Å². The zero-order chi connectivity index (χ0) is 21.0. The summed E-state index contributed by atoms with van der Waals surface area (Å²) in [6, 6.07) is 0. The van der Waals surface area contributed by atoms with Gasteiger partial charge in [0, 0.05) is 26.9 Å². The van der Waals surface area contributed by atoms with Gasteiger partial charge in [-0.25, -0.2) is 4.79 Å². The molecule has 0 bridgehead atoms. The van der Waals surface area contributed by atoms with Gasteiger partial charge in [-0.3, -0.25) is 9.59 Å². The van der Waals surface area contributed by atoms with Crippen molar-refractivity contribution in [1.29, 1.82) is 0 Å². The minimum absolute atomic E-state index is 0. The SMILES string of the molecule is C.C1CCNCC1.CC(=O)CC(=O)N1CCCCC1.CC1=CC(=O)OC(C)(C)O1. The summed E-state index contributed by atoms with van der Waals surface area (Å²) < 4.78 is 9.97. The van der Waals surface area contributed by atoms with Crippen LogP contribution in [0.4, 0.5) is 0 Å². The number of carbonyl (C=O) groups excluding carboxylic acids is 3. The van der Waals surface area contributed by atoms with Crippen LogP contribution in [0, 0.1) is 0 Å². The van der Waals surface area contributed by atoms with E-state index in [0.29, 0.717) is 5.76 Å². The van der Waals surface area contributed by atoms with Gasteiger partial charge in [0.15, 0.2) is 0 Å². The highest BCUT2D eigenvalue weighted by Gasteiger charge is 2.28. The molecular weight excluding hydrogens is 372 g/mol. The van der Waals surface area contributed by atoms with E-state index in [2.05, 4.69) is 5.32 Å². The van der Waals surface area contributed by atoms with Crippen LogP contribution in [0.3, 0.4) is 0 Å². The normalized spacial score (nSPS) is 20.1. The first-order valence-electron chi connectivity index (χ1n) is 10.3. The van der Waals surface area contributed by atoms with Crippen molar-refractivity contribution in [2.45, 2.75) is 85.9 Å². The molecule has 0 aliphatic carbocycles. The lowest BCUT2D eigenvalue weighted by molar-refractivity contribution is -0.204. The van der Waals surface area contributed by atoms with E-state index in [-0.39, 0.29) is 31.5 Å². The molecule has 3 heterocycles. The van der Waals surface area contributed by atoms with E-state index in [1.165, 1.54) is 51.8 Å². The minimum atomic E-state index is -0.796. The summed E-state index contributed by atoms with van der Waals surface area (Å²) in [6.45, 7) is 10.8. The van der Waals surface area contributed by atoms with E-state index in [1.807, 2.05) is 0 Å². The molecule has 0 radical (unpaired) electrons. The molecule has 0 atom stereocenters. The number of ether oxygens (including phenoxy) is 2. The van der Waals surface area contributed by atoms with Crippen LogP contribution < -0.4 is 5.32 Å². The van der Waals surface area contributed by atoms with Crippen molar-refractivity contribution >= 4 is 17.7 Å². The Morgan fingerprint density at radius 1 is 1.03 bits per heavy atom. The van der Waals surface area contributed by atoms with Crippen LogP contribution in [-0.2, 0) is 23.9 Å². The zero-order valence-corrected chi connectivity index (χ0v) is 17.8. The first kappa shape index (κ1) is 27.1. The fourth-order valence-electron chi connectivity index (χ4n) is 3.15. The monoisotopic (exact) mass is 412 g/mol. The largest absolute Gasteiger partial charge is 0.457 e. The van der Waals surface area contributed by atoms with Crippen molar-refractivity contribution in [3.63, 3.8) is 0 Å². The molecule has 1 N–H and O–H groups in total. The van der Waals surface area contributed by atoms with Crippen LogP contribution in [-0.4, -0.2) is 54.5 Å². The molecule has 0 saturated carbocycles. The average molecular weight is 413 g/mol. The first-order chi connectivity index (χ1) is 13.2. The van der Waals surface area contributed by atoms with Gasteiger partial charge in [0.25, 0.3) is 0 Å². The van der Waals surface area contributed by atoms with Gasteiger partial charge in [-0.1, -0.05) is 13.8 Å². The number of likely N-dealkylation sites (tertiary alicyclic amines) is 1. The van der Waals surface area contributed by atoms with Crippen molar-refractivity contribution in [2.75, 3.05) is 26.2 Å². The zero-order valence-electron chi connectivity index (χ0n) is 17.8. The van der Waals surface area contributed by atoms with Crippen LogP contribution in [0.15, 0.2) is 11.8 Å². The Morgan fingerprint density at radius 3 is 1.97 bits per heavy atom. The summed E-state index contributed by atoms with van der Waals surface area (Å²) in [5.74, 6) is -0.571. The molecule has 0 unspecified atom stereocenters. The quantitative estimate of drug-likeness (QED) is 0.551. The lowest BCUT2D eigenvalue weighted by atomic mass is 10.1. The van der Waals surface area contributed by atoms with Crippen LogP contribution in [0.5, 0.6) is 0 Å². The summed E-state index contributed by atoms with van der Waals surface area (Å²) in [4.78, 5) is 34.5. The van der Waals surface area contributed by atoms with Crippen molar-refractivity contribution in [2.24, 2.45) is 0 Å². The Hall–Kier alpha value is -1.89. The Kier molecular flexibility index (Phi) is 13.2. The van der Waals surface area contributed by atoms with Crippen molar-refractivity contribution in [3.8, 4) is 0 Å². The number of esters is 1. The molecule has 3 rings (SSSR count). The lowest BCUT2D eigenvalue weighted by Gasteiger charge is -2.29. The Labute approximate surface area is 176 Å². The topological polar surface area (TPSA) is 84.9 Å². The minimum Gasteiger partial charge on any atom is -0.457 e. The second-order valence-corrected chi connectivity index (χ2v) is 7.81. The molecule has 168 valence electrons. The summed E-state index contributed by atoms with van der Waals surface area (Å²) >= 11 is 0. The summed E-state index contributed by atoms with van der Waals surface area (Å²) in [5.41, 5.74) is 0. The molecule has 3 aliphatic rings. The van der Waals surface area contributed by atoms with E-state index >= 15 is 0 Å². The molecule has 0 aromatic rings. The maximum Gasteiger partial charge on any atom is 0.337 e. The predicted octanol–water partition coefficient (Wildman–Crippen LogP) is 3.57. The van der Waals surface area contributed by atoms with E-state index < -0.39 is 5.79 Å². The highest BCUT2D eigenvalue weighted by atomic mass is 16.7. The number of hydrogen-bond acceptors (Lipinski definition) is 6. The Bertz CT molecular complexity index is 536. The molecule has 0 aromatic carbocycles. The fraction of sp³-hybridized carbons (Fsp3) is 0.773. The lowest BCUT2D eigenvalue weighted by Crippen LogP contribution is -2.36. The van der Waals surface area contributed by atoms with Gasteiger partial charge in [0.2, 0.25) is 11.7 Å². The number of amides is 1. The first-order valence-corrected chi connectivity index (χ1v) is 10.3. The maximum absolute atomic E-state index is 11.3. The predicted molar refractivity (Wildman–Crippen MR) is 114 cm³/mol. The number of allylic oxidation sites excluding steroid dienone is 1. The van der Waals surface area contributed by atoms with Gasteiger partial charge in [-0.2, -0.15) is 0 Å². The molecule has 7 heteroatoms. The van der Waals surface area contributed by atoms with Gasteiger partial charge < -0.3 is 19.7 Å². The van der Waals surface area contributed by atoms with Crippen molar-refractivity contribution in [1.82, 2.24) is 10.2 Å². The third-order valence-corrected chi connectivity index (χ3v) is 4.39. The van der Waals surface area contributed by atoms with Gasteiger partial charge in [0.1, 0.15) is 11.5 Å². The van der Waals surface area contributed by atoms with Crippen LogP contribution in [0.25, 0.3) is 0 Å². The number of nitrogens with one attached hydrogen (secondary N) is 1. The molecule has 1 amide bonds. The molecule has 2 fully saturated rings. The average Bonchev–Trinajstić information content (AvgIpc) is 2.62. The van der Waals surface area contributed by atoms with E-state index in [9.17, 15) is 14.4 Å². The smallest absolute Gasteiger partial charge is 0.337 e. The molecule has 29 heavy (non-hydrogen) atoms. The highest BCUT2D eigenvalue weighted by Crippen LogP contribution is 2.20. The van der Waals surface area contributed by atoms with Gasteiger partial charge >= 0.3 is 5.97 Å². The molecule has 3 aliphatic heterocycles. The number of Topliss-reactive ketones (excluding diaryl/α,β-unsaturated/α-hetero) is 1. The molecule has 0 spiro atoms. The highest BCUT2D eigenvalue weighted by molar-refractivity contribution is 5.96. The van der Waals surface area contributed by atoms with Gasteiger partial charge in [-0.15, -0.1) is 0 Å². The number of hydrogen-bond donors (Lipinski definition) is 1. The fourth-order valence-corrected chi connectivity index (χ4v) is 3.15. The number of ketones is 1. The standard InChI is InChI=1S/C9H15NO2.C7H10O3.C5H11N.CH4/c1-8(11)7-9(12)10-5-3-2-4-6-10;1-5-4-6(8)10-7(2,3)9-5;1-2-4-6-5-3-1;/h2-7H2,1H3;4H,1-3H3;6H,1-5H2;1H4.